The average molecular weight is 254 g/mol. The number of carbonyl (C=O) groups is 2. The molecular weight excluding hydrogens is 240 g/mol. The summed E-state index contributed by atoms with van der Waals surface area (Å²) >= 11 is 0. The molecule has 2 amide bonds. The molecule has 1 fully saturated rings. The van der Waals surface area contributed by atoms with E-state index in [2.05, 4.69) is 15.4 Å². The predicted octanol–water partition coefficient (Wildman–Crippen LogP) is -1.57. The van der Waals surface area contributed by atoms with Crippen LogP contribution in [0.5, 0.6) is 0 Å². The number of nitrogens with two attached hydrogens (primary N) is 1. The number of rotatable bonds is 5. The van der Waals surface area contributed by atoms with E-state index in [1.165, 1.54) is 11.0 Å². The topological polar surface area (TPSA) is 115 Å². The van der Waals surface area contributed by atoms with Gasteiger partial charge in [-0.3, -0.25) is 4.79 Å². The van der Waals surface area contributed by atoms with Crippen molar-refractivity contribution in [1.82, 2.24) is 25.0 Å². The van der Waals surface area contributed by atoms with Crippen LogP contribution in [0.15, 0.2) is 6.33 Å². The van der Waals surface area contributed by atoms with Gasteiger partial charge in [-0.25, -0.2) is 14.5 Å². The van der Waals surface area contributed by atoms with Crippen LogP contribution in [0.2, 0.25) is 0 Å². The van der Waals surface area contributed by atoms with E-state index in [1.54, 1.807) is 4.90 Å². The van der Waals surface area contributed by atoms with Gasteiger partial charge in [0, 0.05) is 13.1 Å². The van der Waals surface area contributed by atoms with Crippen LogP contribution in [-0.2, 0) is 16.1 Å². The van der Waals surface area contributed by atoms with Crippen molar-refractivity contribution in [3.63, 3.8) is 0 Å². The average Bonchev–Trinajstić information content (AvgIpc) is 2.89. The number of ether oxygens (including phenoxy) is 1. The normalized spacial score (nSPS) is 14.7. The Morgan fingerprint density at radius 1 is 1.61 bits per heavy atom. The maximum absolute atomic E-state index is 11.4. The van der Waals surface area contributed by atoms with E-state index in [0.717, 1.165) is 0 Å². The Bertz CT molecular complexity index is 445. The SMILES string of the molecule is Nc1ncn(CC(=O)OCCN2CCNC2=O)n1. The van der Waals surface area contributed by atoms with Crippen molar-refractivity contribution in [2.45, 2.75) is 6.54 Å². The van der Waals surface area contributed by atoms with Crippen molar-refractivity contribution >= 4 is 17.9 Å². The van der Waals surface area contributed by atoms with Crippen LogP contribution in [0.25, 0.3) is 0 Å². The molecule has 2 heterocycles. The summed E-state index contributed by atoms with van der Waals surface area (Å²) in [7, 11) is 0. The molecule has 0 atom stereocenters. The summed E-state index contributed by atoms with van der Waals surface area (Å²) in [5.74, 6) is -0.337. The van der Waals surface area contributed by atoms with E-state index < -0.39 is 5.97 Å². The molecule has 9 nitrogen and oxygen atoms in total. The standard InChI is InChI=1S/C9H14N6O3/c10-8-12-6-15(13-8)5-7(16)18-4-3-14-2-1-11-9(14)17/h6H,1-5H2,(H2,10,13)(H,11,17). The van der Waals surface area contributed by atoms with Crippen molar-refractivity contribution in [1.29, 1.82) is 0 Å². The molecule has 9 heteroatoms. The Morgan fingerprint density at radius 2 is 2.44 bits per heavy atom. The third-order valence-electron chi connectivity index (χ3n) is 2.41. The number of nitrogens with zero attached hydrogens (tertiary/aromatic N) is 4. The minimum Gasteiger partial charge on any atom is -0.462 e. The van der Waals surface area contributed by atoms with E-state index in [-0.39, 0.29) is 25.1 Å². The molecule has 0 aliphatic carbocycles. The Hall–Kier alpha value is -2.32. The first-order valence-corrected chi connectivity index (χ1v) is 5.48. The second-order valence-electron chi connectivity index (χ2n) is 3.74. The maximum atomic E-state index is 11.4. The van der Waals surface area contributed by atoms with Crippen molar-refractivity contribution < 1.29 is 14.3 Å². The van der Waals surface area contributed by atoms with E-state index in [9.17, 15) is 9.59 Å². The second kappa shape index (κ2) is 5.34. The molecular formula is C9H14N6O3. The zero-order valence-electron chi connectivity index (χ0n) is 9.70. The number of hydrogen-bond donors (Lipinski definition) is 2. The highest BCUT2D eigenvalue weighted by molar-refractivity contribution is 5.76. The van der Waals surface area contributed by atoms with E-state index in [0.29, 0.717) is 19.6 Å². The quantitative estimate of drug-likeness (QED) is 0.613. The van der Waals surface area contributed by atoms with Crippen LogP contribution < -0.4 is 11.1 Å². The molecule has 0 aromatic carbocycles. The van der Waals surface area contributed by atoms with E-state index in [4.69, 9.17) is 10.5 Å². The summed E-state index contributed by atoms with van der Waals surface area (Å²) in [6.45, 7) is 1.77. The maximum Gasteiger partial charge on any atom is 0.327 e. The fraction of sp³-hybridized carbons (Fsp3) is 0.556. The molecule has 3 N–H and O–H groups in total. The number of hydrogen-bond acceptors (Lipinski definition) is 6. The summed E-state index contributed by atoms with van der Waals surface area (Å²) < 4.78 is 6.27. The third kappa shape index (κ3) is 3.09. The highest BCUT2D eigenvalue weighted by Gasteiger charge is 2.19. The van der Waals surface area contributed by atoms with Gasteiger partial charge in [-0.15, -0.1) is 5.10 Å². The van der Waals surface area contributed by atoms with Crippen LogP contribution in [0.3, 0.4) is 0 Å². The highest BCUT2D eigenvalue weighted by atomic mass is 16.5. The lowest BCUT2D eigenvalue weighted by Crippen LogP contribution is -2.32. The number of aromatic nitrogens is 3. The summed E-state index contributed by atoms with van der Waals surface area (Å²) in [4.78, 5) is 27.9. The second-order valence-corrected chi connectivity index (χ2v) is 3.74. The molecule has 0 bridgehead atoms. The van der Waals surface area contributed by atoms with Crippen molar-refractivity contribution in [3.8, 4) is 0 Å². The Kier molecular flexibility index (Phi) is 3.60. The molecule has 1 aromatic heterocycles. The summed E-state index contributed by atoms with van der Waals surface area (Å²) in [6.07, 6.45) is 1.35. The van der Waals surface area contributed by atoms with Crippen LogP contribution in [-0.4, -0.2) is 57.9 Å². The van der Waals surface area contributed by atoms with Gasteiger partial charge in [0.05, 0.1) is 6.54 Å². The van der Waals surface area contributed by atoms with Gasteiger partial charge < -0.3 is 20.7 Å². The molecule has 18 heavy (non-hydrogen) atoms. The molecule has 1 aliphatic rings. The van der Waals surface area contributed by atoms with Gasteiger partial charge in [-0.1, -0.05) is 0 Å². The van der Waals surface area contributed by atoms with Crippen molar-refractivity contribution in [2.24, 2.45) is 0 Å². The summed E-state index contributed by atoms with van der Waals surface area (Å²) in [5, 5.41) is 6.42. The number of nitrogen functional groups attached to an aromatic ring is 1. The minimum absolute atomic E-state index is 0.0452. The van der Waals surface area contributed by atoms with Crippen LogP contribution in [0.1, 0.15) is 0 Å². The molecule has 1 saturated heterocycles. The van der Waals surface area contributed by atoms with Gasteiger partial charge >= 0.3 is 12.0 Å². The summed E-state index contributed by atoms with van der Waals surface area (Å²) in [5.41, 5.74) is 5.31. The first kappa shape index (κ1) is 12.1. The van der Waals surface area contributed by atoms with Crippen LogP contribution in [0, 0.1) is 0 Å². The fourth-order valence-corrected chi connectivity index (χ4v) is 1.56. The monoisotopic (exact) mass is 254 g/mol. The number of anilines is 1. The third-order valence-corrected chi connectivity index (χ3v) is 2.41. The van der Waals surface area contributed by atoms with Crippen molar-refractivity contribution in [2.75, 3.05) is 32.0 Å². The molecule has 0 spiro atoms. The van der Waals surface area contributed by atoms with Gasteiger partial charge in [0.25, 0.3) is 0 Å². The molecule has 0 radical (unpaired) electrons. The Morgan fingerprint density at radius 3 is 3.06 bits per heavy atom. The zero-order valence-corrected chi connectivity index (χ0v) is 9.70. The lowest BCUT2D eigenvalue weighted by Gasteiger charge is -2.13. The smallest absolute Gasteiger partial charge is 0.327 e. The molecule has 0 saturated carbocycles. The molecule has 1 aromatic rings. The molecule has 0 unspecified atom stereocenters. The Balaban J connectivity index is 1.67. The first-order chi connectivity index (χ1) is 8.65. The lowest BCUT2D eigenvalue weighted by molar-refractivity contribution is -0.144. The number of esters is 1. The minimum atomic E-state index is -0.445. The molecule has 1 aliphatic heterocycles. The van der Waals surface area contributed by atoms with Gasteiger partial charge in [-0.05, 0) is 0 Å². The van der Waals surface area contributed by atoms with Gasteiger partial charge in [0.2, 0.25) is 5.95 Å². The lowest BCUT2D eigenvalue weighted by atomic mass is 10.5. The molecule has 2 rings (SSSR count). The van der Waals surface area contributed by atoms with Crippen LogP contribution in [0.4, 0.5) is 10.7 Å². The van der Waals surface area contributed by atoms with Gasteiger partial charge in [-0.2, -0.15) is 0 Å². The number of carbonyl (C=O) groups excluding carboxylic acids is 2. The van der Waals surface area contributed by atoms with E-state index >= 15 is 0 Å². The van der Waals surface area contributed by atoms with Gasteiger partial charge in [0.1, 0.15) is 19.5 Å². The fourth-order valence-electron chi connectivity index (χ4n) is 1.56. The predicted molar refractivity (Wildman–Crippen MR) is 60.4 cm³/mol. The van der Waals surface area contributed by atoms with Crippen LogP contribution >= 0.6 is 0 Å². The number of nitrogens with one attached hydrogen (secondary N) is 1. The first-order valence-electron chi connectivity index (χ1n) is 5.48. The molecule has 98 valence electrons. The largest absolute Gasteiger partial charge is 0.462 e. The van der Waals surface area contributed by atoms with Gasteiger partial charge in [0.15, 0.2) is 0 Å². The number of urea groups is 1. The highest BCUT2D eigenvalue weighted by Crippen LogP contribution is 1.96. The summed E-state index contributed by atoms with van der Waals surface area (Å²) in [6, 6.07) is -0.130. The number of amides is 2. The Labute approximate surface area is 103 Å². The zero-order chi connectivity index (χ0) is 13.0. The van der Waals surface area contributed by atoms with E-state index in [1.807, 2.05) is 0 Å². The van der Waals surface area contributed by atoms with Crippen molar-refractivity contribution in [3.05, 3.63) is 6.33 Å².